The Morgan fingerprint density at radius 3 is 2.25 bits per heavy atom. The van der Waals surface area contributed by atoms with Crippen LogP contribution in [-0.4, -0.2) is 71.1 Å². The molecule has 0 atom stereocenters. The predicted molar refractivity (Wildman–Crippen MR) is 75.8 cm³/mol. The molecular weight excluding hydrogens is 353 g/mol. The molecule has 13 heteroatoms. The Labute approximate surface area is 137 Å². The van der Waals surface area contributed by atoms with Crippen molar-refractivity contribution < 1.29 is 52.6 Å². The van der Waals surface area contributed by atoms with Crippen molar-refractivity contribution in [2.75, 3.05) is 33.1 Å². The van der Waals surface area contributed by atoms with Gasteiger partial charge in [-0.25, -0.2) is 18.7 Å². The standard InChI is InChI=1S/C11H20NO11P/c1-8(2)6-21-11(16)20-4-3-12(5-9(13)14)10(15)22-7-23-24(17,18)19/h8H,3-7H2,1-2H3,(H,13,14)(H2,17,18,19). The van der Waals surface area contributed by atoms with Gasteiger partial charge in [-0.3, -0.25) is 9.69 Å². The molecular formula is C11H20NO11P. The SMILES string of the molecule is CC(C)COC(=O)OCCN(CC(=O)O)C(=O)OCOP(=O)(O)O. The van der Waals surface area contributed by atoms with Crippen LogP contribution in [-0.2, 0) is 28.1 Å². The van der Waals surface area contributed by atoms with Gasteiger partial charge in [0.15, 0.2) is 0 Å². The minimum atomic E-state index is -4.83. The first-order chi connectivity index (χ1) is 11.0. The number of ether oxygens (including phenoxy) is 3. The maximum absolute atomic E-state index is 11.6. The molecule has 0 saturated heterocycles. The zero-order chi connectivity index (χ0) is 18.8. The van der Waals surface area contributed by atoms with Crippen LogP contribution in [0.1, 0.15) is 13.8 Å². The van der Waals surface area contributed by atoms with Crippen LogP contribution in [0, 0.1) is 5.92 Å². The van der Waals surface area contributed by atoms with Crippen molar-refractivity contribution in [1.82, 2.24) is 4.90 Å². The summed E-state index contributed by atoms with van der Waals surface area (Å²) >= 11 is 0. The second-order valence-corrected chi connectivity index (χ2v) is 6.01. The Balaban J connectivity index is 4.30. The van der Waals surface area contributed by atoms with E-state index >= 15 is 0 Å². The molecule has 0 aromatic rings. The zero-order valence-corrected chi connectivity index (χ0v) is 14.0. The second kappa shape index (κ2) is 10.8. The normalized spacial score (nSPS) is 11.0. The molecule has 0 aromatic heterocycles. The Morgan fingerprint density at radius 1 is 1.12 bits per heavy atom. The van der Waals surface area contributed by atoms with Gasteiger partial charge in [-0.2, -0.15) is 0 Å². The summed E-state index contributed by atoms with van der Waals surface area (Å²) in [5, 5.41) is 8.70. The third kappa shape index (κ3) is 12.6. The molecule has 0 rings (SSSR count). The van der Waals surface area contributed by atoms with E-state index in [1.54, 1.807) is 0 Å². The van der Waals surface area contributed by atoms with E-state index in [-0.39, 0.29) is 25.7 Å². The number of rotatable bonds is 10. The van der Waals surface area contributed by atoms with Crippen molar-refractivity contribution >= 4 is 26.0 Å². The topological polar surface area (TPSA) is 169 Å². The highest BCUT2D eigenvalue weighted by molar-refractivity contribution is 7.46. The molecule has 0 spiro atoms. The van der Waals surface area contributed by atoms with E-state index < -0.39 is 39.4 Å². The molecule has 0 aliphatic rings. The van der Waals surface area contributed by atoms with Gasteiger partial charge in [-0.15, -0.1) is 0 Å². The van der Waals surface area contributed by atoms with Gasteiger partial charge in [0.25, 0.3) is 0 Å². The predicted octanol–water partition coefficient (Wildman–Crippen LogP) is 0.386. The number of nitrogens with zero attached hydrogens (tertiary/aromatic N) is 1. The summed E-state index contributed by atoms with van der Waals surface area (Å²) in [6.45, 7) is 1.22. The van der Waals surface area contributed by atoms with Gasteiger partial charge in [-0.1, -0.05) is 13.8 Å². The van der Waals surface area contributed by atoms with Crippen molar-refractivity contribution in [3.63, 3.8) is 0 Å². The number of phosphoric ester groups is 1. The molecule has 24 heavy (non-hydrogen) atoms. The molecule has 0 aromatic carbocycles. The molecule has 0 aliphatic heterocycles. The Hall–Kier alpha value is -1.88. The van der Waals surface area contributed by atoms with Crippen molar-refractivity contribution in [3.8, 4) is 0 Å². The van der Waals surface area contributed by atoms with Gasteiger partial charge < -0.3 is 29.1 Å². The summed E-state index contributed by atoms with van der Waals surface area (Å²) in [4.78, 5) is 51.0. The molecule has 0 heterocycles. The number of phosphoric acid groups is 1. The number of hydrogen-bond donors (Lipinski definition) is 3. The molecule has 0 aliphatic carbocycles. The Kier molecular flexibility index (Phi) is 9.97. The van der Waals surface area contributed by atoms with Crippen LogP contribution in [0.4, 0.5) is 9.59 Å². The molecule has 0 fully saturated rings. The summed E-state index contributed by atoms with van der Waals surface area (Å²) in [5.74, 6) is -1.27. The molecule has 1 amide bonds. The highest BCUT2D eigenvalue weighted by Crippen LogP contribution is 2.35. The van der Waals surface area contributed by atoms with Gasteiger partial charge >= 0.3 is 26.0 Å². The third-order valence-electron chi connectivity index (χ3n) is 2.10. The monoisotopic (exact) mass is 373 g/mol. The van der Waals surface area contributed by atoms with Gasteiger partial charge in [-0.05, 0) is 5.92 Å². The van der Waals surface area contributed by atoms with Crippen LogP contribution >= 0.6 is 7.82 Å². The van der Waals surface area contributed by atoms with Crippen LogP contribution in [0.5, 0.6) is 0 Å². The van der Waals surface area contributed by atoms with Crippen LogP contribution < -0.4 is 0 Å². The first-order valence-electron chi connectivity index (χ1n) is 6.64. The smallest absolute Gasteiger partial charge is 0.480 e. The molecule has 140 valence electrons. The molecule has 0 saturated carbocycles. The Bertz CT molecular complexity index is 475. The van der Waals surface area contributed by atoms with E-state index in [0.717, 1.165) is 0 Å². The number of hydrogen-bond acceptors (Lipinski definition) is 8. The van der Waals surface area contributed by atoms with Crippen LogP contribution in [0.15, 0.2) is 0 Å². The first-order valence-corrected chi connectivity index (χ1v) is 8.17. The van der Waals surface area contributed by atoms with E-state index in [4.69, 9.17) is 19.6 Å². The largest absolute Gasteiger partial charge is 0.508 e. The number of amides is 1. The average Bonchev–Trinajstić information content (AvgIpc) is 2.42. The van der Waals surface area contributed by atoms with Gasteiger partial charge in [0, 0.05) is 0 Å². The number of carboxylic acid groups (broad SMARTS) is 1. The van der Waals surface area contributed by atoms with E-state index in [2.05, 4.69) is 14.0 Å². The van der Waals surface area contributed by atoms with Crippen molar-refractivity contribution in [3.05, 3.63) is 0 Å². The molecule has 0 bridgehead atoms. The number of aliphatic carboxylic acids is 1. The maximum atomic E-state index is 11.6. The van der Waals surface area contributed by atoms with Crippen LogP contribution in [0.2, 0.25) is 0 Å². The number of carboxylic acids is 1. The van der Waals surface area contributed by atoms with Gasteiger partial charge in [0.05, 0.1) is 13.2 Å². The highest BCUT2D eigenvalue weighted by atomic mass is 31.2. The van der Waals surface area contributed by atoms with E-state index in [0.29, 0.717) is 4.90 Å². The quantitative estimate of drug-likeness (QED) is 0.275. The van der Waals surface area contributed by atoms with Crippen molar-refractivity contribution in [1.29, 1.82) is 0 Å². The lowest BCUT2D eigenvalue weighted by molar-refractivity contribution is -0.138. The summed E-state index contributed by atoms with van der Waals surface area (Å²) in [6.07, 6.45) is -2.19. The van der Waals surface area contributed by atoms with Gasteiger partial charge in [0.1, 0.15) is 13.2 Å². The minimum absolute atomic E-state index is 0.102. The summed E-state index contributed by atoms with van der Waals surface area (Å²) < 4.78 is 28.0. The maximum Gasteiger partial charge on any atom is 0.508 e. The lowest BCUT2D eigenvalue weighted by Gasteiger charge is -2.20. The van der Waals surface area contributed by atoms with Crippen LogP contribution in [0.25, 0.3) is 0 Å². The minimum Gasteiger partial charge on any atom is -0.480 e. The summed E-state index contributed by atoms with van der Waals surface area (Å²) in [7, 11) is -4.83. The summed E-state index contributed by atoms with van der Waals surface area (Å²) in [5.41, 5.74) is 0. The Morgan fingerprint density at radius 2 is 1.75 bits per heavy atom. The van der Waals surface area contributed by atoms with Gasteiger partial charge in [0.2, 0.25) is 6.79 Å². The highest BCUT2D eigenvalue weighted by Gasteiger charge is 2.21. The fraction of sp³-hybridized carbons (Fsp3) is 0.727. The number of carbonyl (C=O) groups is 3. The lowest BCUT2D eigenvalue weighted by Crippen LogP contribution is -2.39. The molecule has 0 radical (unpaired) electrons. The second-order valence-electron chi connectivity index (χ2n) is 4.77. The first kappa shape index (κ1) is 22.1. The van der Waals surface area contributed by atoms with Crippen molar-refractivity contribution in [2.24, 2.45) is 5.92 Å². The molecule has 0 unspecified atom stereocenters. The fourth-order valence-corrected chi connectivity index (χ4v) is 1.34. The lowest BCUT2D eigenvalue weighted by atomic mass is 10.2. The molecule has 3 N–H and O–H groups in total. The van der Waals surface area contributed by atoms with E-state index in [1.165, 1.54) is 0 Å². The average molecular weight is 373 g/mol. The van der Waals surface area contributed by atoms with Crippen LogP contribution in [0.3, 0.4) is 0 Å². The third-order valence-corrected chi connectivity index (χ3v) is 2.54. The van der Waals surface area contributed by atoms with E-state index in [9.17, 15) is 18.9 Å². The van der Waals surface area contributed by atoms with Crippen molar-refractivity contribution in [2.45, 2.75) is 13.8 Å². The van der Waals surface area contributed by atoms with E-state index in [1.807, 2.05) is 13.8 Å². The summed E-state index contributed by atoms with van der Waals surface area (Å²) in [6, 6.07) is 0. The fourth-order valence-electron chi connectivity index (χ4n) is 1.15. The number of carbonyl (C=O) groups excluding carboxylic acids is 2. The molecule has 12 nitrogen and oxygen atoms in total. The zero-order valence-electron chi connectivity index (χ0n) is 13.1.